The fourth-order valence-corrected chi connectivity index (χ4v) is 3.23. The van der Waals surface area contributed by atoms with Crippen molar-refractivity contribution in [2.45, 2.75) is 26.3 Å². The third-order valence-corrected chi connectivity index (χ3v) is 4.25. The normalized spacial score (nSPS) is 12.3. The van der Waals surface area contributed by atoms with Crippen molar-refractivity contribution in [3.8, 4) is 5.75 Å². The first-order chi connectivity index (χ1) is 9.76. The Labute approximate surface area is 133 Å². The van der Waals surface area contributed by atoms with Gasteiger partial charge in [0.25, 0.3) is 0 Å². The smallest absolute Gasteiger partial charge is 0.124 e. The second-order valence-electron chi connectivity index (χ2n) is 4.56. The average Bonchev–Trinajstić information content (AvgIpc) is 2.96. The first-order valence-corrected chi connectivity index (χ1v) is 8.67. The number of rotatable bonds is 7. The van der Waals surface area contributed by atoms with Gasteiger partial charge in [0, 0.05) is 10.0 Å². The lowest BCUT2D eigenvalue weighted by atomic mass is 10.00. The highest BCUT2D eigenvalue weighted by molar-refractivity contribution is 9.10. The highest BCUT2D eigenvalue weighted by atomic mass is 79.9. The van der Waals surface area contributed by atoms with E-state index < -0.39 is 0 Å². The maximum absolute atomic E-state index is 5.79. The molecule has 0 saturated carbocycles. The van der Waals surface area contributed by atoms with Gasteiger partial charge in [0.1, 0.15) is 5.75 Å². The molecule has 4 heteroatoms. The Morgan fingerprint density at radius 1 is 1.30 bits per heavy atom. The predicted octanol–water partition coefficient (Wildman–Crippen LogP) is 5.00. The molecule has 1 heterocycles. The molecule has 2 aromatic rings. The molecule has 20 heavy (non-hydrogen) atoms. The van der Waals surface area contributed by atoms with E-state index in [1.807, 2.05) is 19.1 Å². The Kier molecular flexibility index (Phi) is 6.07. The Morgan fingerprint density at radius 3 is 2.80 bits per heavy atom. The molecule has 1 unspecified atom stereocenters. The van der Waals surface area contributed by atoms with Crippen LogP contribution >= 0.6 is 27.3 Å². The molecular formula is C16H20BrNOS. The minimum atomic E-state index is 0.181. The summed E-state index contributed by atoms with van der Waals surface area (Å²) in [5.74, 6) is 0.954. The van der Waals surface area contributed by atoms with Gasteiger partial charge in [-0.3, -0.25) is 0 Å². The number of ether oxygens (including phenoxy) is 1. The molecule has 2 nitrogen and oxygen atoms in total. The SMILES string of the molecule is CCCNC(c1ccsc1)c1cc(Br)ccc1OCC. The Balaban J connectivity index is 2.39. The molecule has 0 aliphatic carbocycles. The van der Waals surface area contributed by atoms with Gasteiger partial charge in [-0.05, 0) is 60.5 Å². The molecule has 0 radical (unpaired) electrons. The molecule has 0 bridgehead atoms. The Morgan fingerprint density at radius 2 is 2.15 bits per heavy atom. The lowest BCUT2D eigenvalue weighted by molar-refractivity contribution is 0.333. The summed E-state index contributed by atoms with van der Waals surface area (Å²) in [6, 6.07) is 8.57. The third-order valence-electron chi connectivity index (χ3n) is 3.06. The highest BCUT2D eigenvalue weighted by Gasteiger charge is 2.18. The van der Waals surface area contributed by atoms with Crippen molar-refractivity contribution in [2.75, 3.05) is 13.2 Å². The van der Waals surface area contributed by atoms with Crippen molar-refractivity contribution in [2.24, 2.45) is 0 Å². The summed E-state index contributed by atoms with van der Waals surface area (Å²) in [7, 11) is 0. The van der Waals surface area contributed by atoms with Gasteiger partial charge in [-0.15, -0.1) is 0 Å². The van der Waals surface area contributed by atoms with E-state index in [1.54, 1.807) is 11.3 Å². The summed E-state index contributed by atoms with van der Waals surface area (Å²) in [5, 5.41) is 7.94. The van der Waals surface area contributed by atoms with E-state index in [1.165, 1.54) is 11.1 Å². The van der Waals surface area contributed by atoms with Gasteiger partial charge in [0.15, 0.2) is 0 Å². The molecule has 1 N–H and O–H groups in total. The van der Waals surface area contributed by atoms with E-state index in [0.717, 1.165) is 23.2 Å². The van der Waals surface area contributed by atoms with Crippen LogP contribution in [0.4, 0.5) is 0 Å². The minimum absolute atomic E-state index is 0.181. The summed E-state index contributed by atoms with van der Waals surface area (Å²) in [6.07, 6.45) is 1.11. The molecule has 1 aromatic carbocycles. The second-order valence-corrected chi connectivity index (χ2v) is 6.25. The number of hydrogen-bond acceptors (Lipinski definition) is 3. The standard InChI is InChI=1S/C16H20BrNOS/c1-3-8-18-16(12-7-9-20-11-12)14-10-13(17)5-6-15(14)19-4-2/h5-7,9-11,16,18H,3-4,8H2,1-2H3. The topological polar surface area (TPSA) is 21.3 Å². The zero-order valence-electron chi connectivity index (χ0n) is 11.9. The lowest BCUT2D eigenvalue weighted by Crippen LogP contribution is -2.23. The predicted molar refractivity (Wildman–Crippen MR) is 89.8 cm³/mol. The van der Waals surface area contributed by atoms with Gasteiger partial charge >= 0.3 is 0 Å². The molecule has 0 spiro atoms. The zero-order chi connectivity index (χ0) is 14.4. The van der Waals surface area contributed by atoms with Gasteiger partial charge in [-0.25, -0.2) is 0 Å². The van der Waals surface area contributed by atoms with Crippen LogP contribution in [0.5, 0.6) is 5.75 Å². The summed E-state index contributed by atoms with van der Waals surface area (Å²) < 4.78 is 6.87. The molecule has 1 atom stereocenters. The maximum atomic E-state index is 5.79. The first kappa shape index (κ1) is 15.5. The van der Waals surface area contributed by atoms with E-state index >= 15 is 0 Å². The van der Waals surface area contributed by atoms with Crippen molar-refractivity contribution >= 4 is 27.3 Å². The van der Waals surface area contributed by atoms with Crippen molar-refractivity contribution in [1.29, 1.82) is 0 Å². The largest absolute Gasteiger partial charge is 0.494 e. The summed E-state index contributed by atoms with van der Waals surface area (Å²) in [5.41, 5.74) is 2.48. The highest BCUT2D eigenvalue weighted by Crippen LogP contribution is 2.33. The van der Waals surface area contributed by atoms with Crippen LogP contribution in [0.2, 0.25) is 0 Å². The first-order valence-electron chi connectivity index (χ1n) is 6.94. The summed E-state index contributed by atoms with van der Waals surface area (Å²) in [4.78, 5) is 0. The van der Waals surface area contributed by atoms with Gasteiger partial charge in [-0.2, -0.15) is 11.3 Å². The van der Waals surface area contributed by atoms with E-state index in [4.69, 9.17) is 4.74 Å². The van der Waals surface area contributed by atoms with Gasteiger partial charge in [0.05, 0.1) is 12.6 Å². The maximum Gasteiger partial charge on any atom is 0.124 e. The fourth-order valence-electron chi connectivity index (χ4n) is 2.17. The second kappa shape index (κ2) is 7.81. The van der Waals surface area contributed by atoms with Crippen LogP contribution in [0.3, 0.4) is 0 Å². The van der Waals surface area contributed by atoms with Crippen LogP contribution in [0.25, 0.3) is 0 Å². The Bertz CT molecular complexity index is 527. The molecule has 0 aliphatic heterocycles. The Hall–Kier alpha value is -0.840. The number of benzene rings is 1. The zero-order valence-corrected chi connectivity index (χ0v) is 14.3. The molecule has 1 aromatic heterocycles. The minimum Gasteiger partial charge on any atom is -0.494 e. The van der Waals surface area contributed by atoms with Gasteiger partial charge in [0.2, 0.25) is 0 Å². The van der Waals surface area contributed by atoms with Crippen LogP contribution in [-0.2, 0) is 0 Å². The molecule has 0 aliphatic rings. The van der Waals surface area contributed by atoms with Crippen LogP contribution in [0.15, 0.2) is 39.5 Å². The van der Waals surface area contributed by atoms with E-state index in [-0.39, 0.29) is 6.04 Å². The summed E-state index contributed by atoms with van der Waals surface area (Å²) in [6.45, 7) is 5.87. The third kappa shape index (κ3) is 3.84. The fraction of sp³-hybridized carbons (Fsp3) is 0.375. The van der Waals surface area contributed by atoms with E-state index in [2.05, 4.69) is 51.1 Å². The quantitative estimate of drug-likeness (QED) is 0.756. The van der Waals surface area contributed by atoms with Crippen molar-refractivity contribution < 1.29 is 4.74 Å². The number of halogens is 1. The van der Waals surface area contributed by atoms with E-state index in [0.29, 0.717) is 6.61 Å². The van der Waals surface area contributed by atoms with Crippen molar-refractivity contribution in [3.63, 3.8) is 0 Å². The van der Waals surface area contributed by atoms with E-state index in [9.17, 15) is 0 Å². The van der Waals surface area contributed by atoms with Crippen LogP contribution in [0, 0.1) is 0 Å². The average molecular weight is 354 g/mol. The number of hydrogen-bond donors (Lipinski definition) is 1. The molecule has 0 amide bonds. The lowest BCUT2D eigenvalue weighted by Gasteiger charge is -2.21. The van der Waals surface area contributed by atoms with Crippen molar-refractivity contribution in [3.05, 3.63) is 50.6 Å². The monoisotopic (exact) mass is 353 g/mol. The van der Waals surface area contributed by atoms with Gasteiger partial charge < -0.3 is 10.1 Å². The van der Waals surface area contributed by atoms with Crippen LogP contribution in [0.1, 0.15) is 37.4 Å². The van der Waals surface area contributed by atoms with Crippen LogP contribution < -0.4 is 10.1 Å². The molecule has 0 saturated heterocycles. The molecular weight excluding hydrogens is 334 g/mol. The number of nitrogens with one attached hydrogen (secondary N) is 1. The molecule has 0 fully saturated rings. The summed E-state index contributed by atoms with van der Waals surface area (Å²) >= 11 is 5.29. The number of thiophene rings is 1. The van der Waals surface area contributed by atoms with Crippen molar-refractivity contribution in [1.82, 2.24) is 5.32 Å². The van der Waals surface area contributed by atoms with Crippen LogP contribution in [-0.4, -0.2) is 13.2 Å². The molecule has 2 rings (SSSR count). The molecule has 108 valence electrons. The van der Waals surface area contributed by atoms with Gasteiger partial charge in [-0.1, -0.05) is 22.9 Å².